The smallest absolute Gasteiger partial charge is 0.268 e. The fraction of sp³-hybridized carbons (Fsp3) is 0.476. The van der Waals surface area contributed by atoms with Gasteiger partial charge in [-0.2, -0.15) is 5.26 Å². The van der Waals surface area contributed by atoms with E-state index >= 15 is 0 Å². The zero-order chi connectivity index (χ0) is 20.6. The van der Waals surface area contributed by atoms with E-state index in [1.807, 2.05) is 63.8 Å². The number of hydrogen-bond acceptors (Lipinski definition) is 4. The zero-order valence-corrected chi connectivity index (χ0v) is 17.2. The van der Waals surface area contributed by atoms with Crippen LogP contribution in [0.3, 0.4) is 0 Å². The topological polar surface area (TPSA) is 80.2 Å². The molecule has 27 heavy (non-hydrogen) atoms. The second kappa shape index (κ2) is 10.4. The average molecular weight is 370 g/mol. The molecule has 0 unspecified atom stereocenters. The van der Waals surface area contributed by atoms with Crippen LogP contribution in [0.1, 0.15) is 45.7 Å². The van der Waals surface area contributed by atoms with Crippen molar-refractivity contribution in [3.63, 3.8) is 0 Å². The lowest BCUT2D eigenvalue weighted by Crippen LogP contribution is -2.48. The summed E-state index contributed by atoms with van der Waals surface area (Å²) < 4.78 is 0. The number of nitrogens with zero attached hydrogens (tertiary/aromatic N) is 3. The maximum Gasteiger partial charge on any atom is 0.268 e. The van der Waals surface area contributed by atoms with Crippen LogP contribution in [0.4, 0.5) is 5.69 Å². The Kier molecular flexibility index (Phi) is 8.53. The first-order valence-electron chi connectivity index (χ1n) is 9.58. The van der Waals surface area contributed by atoms with Crippen LogP contribution in [0.25, 0.3) is 10.9 Å². The summed E-state index contributed by atoms with van der Waals surface area (Å²) in [4.78, 5) is 30.3. The number of H-pyrrole nitrogens is 1. The molecule has 1 aromatic heterocycles. The van der Waals surface area contributed by atoms with Crippen molar-refractivity contribution >= 4 is 22.5 Å². The Morgan fingerprint density at radius 3 is 2.22 bits per heavy atom. The van der Waals surface area contributed by atoms with Gasteiger partial charge in [-0.3, -0.25) is 9.59 Å². The fourth-order valence-electron chi connectivity index (χ4n) is 3.07. The normalized spacial score (nSPS) is 13.1. The highest BCUT2D eigenvalue weighted by molar-refractivity contribution is 5.95. The SMILES string of the molecule is CC.CC.CC(=O)N1CCN(c2c(C#N)c(=O)[nH]c3ccc(C)cc23)CC1. The number of pyridine rings is 1. The summed E-state index contributed by atoms with van der Waals surface area (Å²) in [7, 11) is 0. The third-order valence-electron chi connectivity index (χ3n) is 4.30. The molecule has 0 radical (unpaired) electrons. The van der Waals surface area contributed by atoms with Gasteiger partial charge in [0.2, 0.25) is 5.91 Å². The highest BCUT2D eigenvalue weighted by Gasteiger charge is 2.24. The maximum absolute atomic E-state index is 12.2. The predicted molar refractivity (Wildman–Crippen MR) is 111 cm³/mol. The summed E-state index contributed by atoms with van der Waals surface area (Å²) >= 11 is 0. The molecular weight excluding hydrogens is 340 g/mol. The molecule has 1 aliphatic rings. The molecule has 6 heteroatoms. The van der Waals surface area contributed by atoms with Crippen molar-refractivity contribution in [2.45, 2.75) is 41.5 Å². The van der Waals surface area contributed by atoms with Gasteiger partial charge in [0, 0.05) is 38.5 Å². The third-order valence-corrected chi connectivity index (χ3v) is 4.30. The van der Waals surface area contributed by atoms with Crippen LogP contribution in [-0.2, 0) is 4.79 Å². The first-order valence-corrected chi connectivity index (χ1v) is 9.58. The Morgan fingerprint density at radius 2 is 1.70 bits per heavy atom. The number of aromatic amines is 1. The molecule has 1 fully saturated rings. The van der Waals surface area contributed by atoms with Gasteiger partial charge in [-0.1, -0.05) is 39.3 Å². The van der Waals surface area contributed by atoms with E-state index in [4.69, 9.17) is 0 Å². The number of aromatic nitrogens is 1. The van der Waals surface area contributed by atoms with Crippen molar-refractivity contribution in [1.82, 2.24) is 9.88 Å². The minimum atomic E-state index is -0.368. The average Bonchev–Trinajstić information content (AvgIpc) is 2.70. The maximum atomic E-state index is 12.2. The molecule has 0 atom stereocenters. The van der Waals surface area contributed by atoms with Crippen LogP contribution < -0.4 is 10.5 Å². The monoisotopic (exact) mass is 370 g/mol. The number of carbonyl (C=O) groups is 1. The summed E-state index contributed by atoms with van der Waals surface area (Å²) in [6.07, 6.45) is 0. The van der Waals surface area contributed by atoms with Gasteiger partial charge in [-0.05, 0) is 19.1 Å². The van der Waals surface area contributed by atoms with Crippen molar-refractivity contribution in [2.24, 2.45) is 0 Å². The van der Waals surface area contributed by atoms with E-state index in [2.05, 4.69) is 4.98 Å². The number of fused-ring (bicyclic) bond motifs is 1. The van der Waals surface area contributed by atoms with Crippen LogP contribution >= 0.6 is 0 Å². The molecule has 0 saturated carbocycles. The van der Waals surface area contributed by atoms with Crippen molar-refractivity contribution in [3.8, 4) is 6.07 Å². The van der Waals surface area contributed by atoms with E-state index in [1.165, 1.54) is 0 Å². The van der Waals surface area contributed by atoms with Gasteiger partial charge >= 0.3 is 0 Å². The number of anilines is 1. The molecule has 1 aliphatic heterocycles. The van der Waals surface area contributed by atoms with E-state index in [1.54, 1.807) is 11.8 Å². The van der Waals surface area contributed by atoms with E-state index in [0.717, 1.165) is 16.5 Å². The van der Waals surface area contributed by atoms with Crippen molar-refractivity contribution in [2.75, 3.05) is 31.1 Å². The number of rotatable bonds is 1. The molecule has 0 aliphatic carbocycles. The van der Waals surface area contributed by atoms with Gasteiger partial charge in [-0.25, -0.2) is 0 Å². The van der Waals surface area contributed by atoms with E-state index < -0.39 is 0 Å². The van der Waals surface area contributed by atoms with Gasteiger partial charge in [0.1, 0.15) is 11.6 Å². The van der Waals surface area contributed by atoms with Crippen LogP contribution in [0.2, 0.25) is 0 Å². The standard InChI is InChI=1S/C17H18N4O2.2C2H6/c1-11-3-4-15-13(9-11)16(14(10-18)17(23)19-15)21-7-5-20(6-8-21)12(2)22;2*1-2/h3-4,9H,5-8H2,1-2H3,(H,19,23);2*1-2H3. The van der Waals surface area contributed by atoms with E-state index in [0.29, 0.717) is 31.9 Å². The van der Waals surface area contributed by atoms with Gasteiger partial charge in [-0.15, -0.1) is 0 Å². The Morgan fingerprint density at radius 1 is 1.11 bits per heavy atom. The van der Waals surface area contributed by atoms with Crippen LogP contribution in [-0.4, -0.2) is 42.0 Å². The molecule has 1 amide bonds. The number of aryl methyl sites for hydroxylation is 1. The number of nitriles is 1. The molecule has 2 aromatic rings. The molecular formula is C21H30N4O2. The molecule has 6 nitrogen and oxygen atoms in total. The van der Waals surface area contributed by atoms with E-state index in [-0.39, 0.29) is 17.0 Å². The molecule has 1 saturated heterocycles. The second-order valence-electron chi connectivity index (χ2n) is 5.83. The van der Waals surface area contributed by atoms with Crippen molar-refractivity contribution < 1.29 is 4.79 Å². The van der Waals surface area contributed by atoms with Crippen LogP contribution in [0, 0.1) is 18.3 Å². The number of carbonyl (C=O) groups excluding carboxylic acids is 1. The number of hydrogen-bond donors (Lipinski definition) is 1. The Hall–Kier alpha value is -2.81. The van der Waals surface area contributed by atoms with Gasteiger partial charge in [0.25, 0.3) is 5.56 Å². The largest absolute Gasteiger partial charge is 0.366 e. The lowest BCUT2D eigenvalue weighted by molar-refractivity contribution is -0.129. The molecule has 1 N–H and O–H groups in total. The van der Waals surface area contributed by atoms with Gasteiger partial charge in [0.15, 0.2) is 0 Å². The second-order valence-corrected chi connectivity index (χ2v) is 5.83. The van der Waals surface area contributed by atoms with E-state index in [9.17, 15) is 14.9 Å². The quantitative estimate of drug-likeness (QED) is 0.834. The minimum Gasteiger partial charge on any atom is -0.366 e. The number of amides is 1. The summed E-state index contributed by atoms with van der Waals surface area (Å²) in [5, 5.41) is 10.3. The first-order chi connectivity index (χ1) is 13.0. The molecule has 2 heterocycles. The Labute approximate surface area is 161 Å². The van der Waals surface area contributed by atoms with Gasteiger partial charge in [0.05, 0.1) is 11.2 Å². The summed E-state index contributed by atoms with van der Waals surface area (Å²) in [5.74, 6) is 0.0526. The van der Waals surface area contributed by atoms with Gasteiger partial charge < -0.3 is 14.8 Å². The number of nitrogens with one attached hydrogen (secondary N) is 1. The Balaban J connectivity index is 0.000000855. The van der Waals surface area contributed by atoms with Crippen LogP contribution in [0.15, 0.2) is 23.0 Å². The number of benzene rings is 1. The Bertz CT molecular complexity index is 872. The lowest BCUT2D eigenvalue weighted by atomic mass is 10.1. The molecule has 0 spiro atoms. The number of piperazine rings is 1. The molecule has 1 aromatic carbocycles. The predicted octanol–water partition coefficient (Wildman–Crippen LogP) is 3.43. The van der Waals surface area contributed by atoms with Crippen LogP contribution in [0.5, 0.6) is 0 Å². The van der Waals surface area contributed by atoms with Crippen molar-refractivity contribution in [3.05, 3.63) is 39.7 Å². The fourth-order valence-corrected chi connectivity index (χ4v) is 3.07. The zero-order valence-electron chi connectivity index (χ0n) is 17.2. The molecule has 146 valence electrons. The minimum absolute atomic E-state index is 0.0526. The van der Waals surface area contributed by atoms with Crippen molar-refractivity contribution in [1.29, 1.82) is 5.26 Å². The highest BCUT2D eigenvalue weighted by Crippen LogP contribution is 2.29. The highest BCUT2D eigenvalue weighted by atomic mass is 16.2. The first kappa shape index (κ1) is 22.2. The summed E-state index contributed by atoms with van der Waals surface area (Å²) in [5.41, 5.74) is 2.24. The third kappa shape index (κ3) is 4.88. The molecule has 3 rings (SSSR count). The summed E-state index contributed by atoms with van der Waals surface area (Å²) in [6, 6.07) is 7.82. The lowest BCUT2D eigenvalue weighted by Gasteiger charge is -2.36. The molecule has 0 bridgehead atoms. The summed E-state index contributed by atoms with van der Waals surface area (Å²) in [6.45, 7) is 14.0.